The zero-order chi connectivity index (χ0) is 14.7. The lowest BCUT2D eigenvalue weighted by Crippen LogP contribution is -2.47. The summed E-state index contributed by atoms with van der Waals surface area (Å²) in [6, 6.07) is 0.430. The monoisotopic (exact) mass is 293 g/mol. The van der Waals surface area contributed by atoms with Crippen molar-refractivity contribution >= 4 is 11.8 Å². The summed E-state index contributed by atoms with van der Waals surface area (Å²) in [4.78, 5) is 26.2. The number of carbonyl (C=O) groups excluding carboxylic acids is 2. The zero-order valence-corrected chi connectivity index (χ0v) is 12.8. The molecule has 0 aromatic carbocycles. The quantitative estimate of drug-likeness (QED) is 0.817. The van der Waals surface area contributed by atoms with Crippen molar-refractivity contribution in [1.29, 1.82) is 0 Å². The second-order valence-corrected chi connectivity index (χ2v) is 6.77. The van der Waals surface area contributed by atoms with Crippen LogP contribution in [-0.2, 0) is 9.59 Å². The SMILES string of the molecule is O=C(NCC(=O)N1CCCCC1)[C@@H]1C[C@H]2CCCC[C@@H]2N1. The molecule has 5 nitrogen and oxygen atoms in total. The van der Waals surface area contributed by atoms with E-state index in [0.29, 0.717) is 12.0 Å². The smallest absolute Gasteiger partial charge is 0.241 e. The molecule has 3 rings (SSSR count). The van der Waals surface area contributed by atoms with Crippen LogP contribution in [0.25, 0.3) is 0 Å². The third-order valence-electron chi connectivity index (χ3n) is 5.30. The maximum atomic E-state index is 12.2. The molecule has 2 N–H and O–H groups in total. The van der Waals surface area contributed by atoms with Crippen molar-refractivity contribution in [3.05, 3.63) is 0 Å². The molecule has 0 aromatic heterocycles. The molecular formula is C16H27N3O2. The largest absolute Gasteiger partial charge is 0.346 e. The number of hydrogen-bond acceptors (Lipinski definition) is 3. The highest BCUT2D eigenvalue weighted by Crippen LogP contribution is 2.33. The normalized spacial score (nSPS) is 32.6. The van der Waals surface area contributed by atoms with Crippen molar-refractivity contribution in [3.63, 3.8) is 0 Å². The summed E-state index contributed by atoms with van der Waals surface area (Å²) in [6.07, 6.45) is 9.34. The fraction of sp³-hybridized carbons (Fsp3) is 0.875. The van der Waals surface area contributed by atoms with Crippen molar-refractivity contribution in [1.82, 2.24) is 15.5 Å². The number of piperidine rings is 1. The fourth-order valence-electron chi connectivity index (χ4n) is 4.06. The number of amides is 2. The lowest BCUT2D eigenvalue weighted by molar-refractivity contribution is -0.134. The molecule has 2 heterocycles. The molecule has 2 saturated heterocycles. The summed E-state index contributed by atoms with van der Waals surface area (Å²) in [7, 11) is 0. The summed E-state index contributed by atoms with van der Waals surface area (Å²) >= 11 is 0. The van der Waals surface area contributed by atoms with Gasteiger partial charge in [0.1, 0.15) is 0 Å². The molecule has 118 valence electrons. The first kappa shape index (κ1) is 14.8. The van der Waals surface area contributed by atoms with Crippen LogP contribution in [0.2, 0.25) is 0 Å². The van der Waals surface area contributed by atoms with E-state index in [4.69, 9.17) is 0 Å². The Balaban J connectivity index is 1.43. The van der Waals surface area contributed by atoms with Crippen LogP contribution in [0.5, 0.6) is 0 Å². The van der Waals surface area contributed by atoms with Gasteiger partial charge in [0.05, 0.1) is 12.6 Å². The second kappa shape index (κ2) is 6.77. The van der Waals surface area contributed by atoms with E-state index in [2.05, 4.69) is 10.6 Å². The predicted molar refractivity (Wildman–Crippen MR) is 80.7 cm³/mol. The Morgan fingerprint density at radius 3 is 2.57 bits per heavy atom. The Morgan fingerprint density at radius 2 is 1.81 bits per heavy atom. The van der Waals surface area contributed by atoms with Crippen LogP contribution in [0.15, 0.2) is 0 Å². The number of likely N-dealkylation sites (tertiary alicyclic amines) is 1. The molecule has 3 atom stereocenters. The van der Waals surface area contributed by atoms with Crippen LogP contribution < -0.4 is 10.6 Å². The molecule has 1 saturated carbocycles. The number of rotatable bonds is 3. The van der Waals surface area contributed by atoms with Gasteiger partial charge >= 0.3 is 0 Å². The molecule has 3 fully saturated rings. The van der Waals surface area contributed by atoms with Crippen LogP contribution in [0.4, 0.5) is 0 Å². The molecule has 5 heteroatoms. The average molecular weight is 293 g/mol. The molecule has 3 aliphatic rings. The molecule has 0 unspecified atom stereocenters. The molecule has 0 radical (unpaired) electrons. The first-order valence-electron chi connectivity index (χ1n) is 8.55. The van der Waals surface area contributed by atoms with E-state index in [0.717, 1.165) is 32.4 Å². The van der Waals surface area contributed by atoms with Gasteiger partial charge in [-0.25, -0.2) is 0 Å². The lowest BCUT2D eigenvalue weighted by atomic mass is 9.85. The highest BCUT2D eigenvalue weighted by atomic mass is 16.2. The minimum Gasteiger partial charge on any atom is -0.346 e. The van der Waals surface area contributed by atoms with Gasteiger partial charge in [-0.05, 0) is 44.4 Å². The fourth-order valence-corrected chi connectivity index (χ4v) is 4.06. The molecule has 2 amide bonds. The van der Waals surface area contributed by atoms with Crippen molar-refractivity contribution in [3.8, 4) is 0 Å². The van der Waals surface area contributed by atoms with Gasteiger partial charge in [0.15, 0.2) is 0 Å². The highest BCUT2D eigenvalue weighted by Gasteiger charge is 2.38. The van der Waals surface area contributed by atoms with Crippen molar-refractivity contribution < 1.29 is 9.59 Å². The van der Waals surface area contributed by atoms with Crippen LogP contribution >= 0.6 is 0 Å². The minimum absolute atomic E-state index is 0.00904. The van der Waals surface area contributed by atoms with Gasteiger partial charge in [-0.1, -0.05) is 12.8 Å². The summed E-state index contributed by atoms with van der Waals surface area (Å²) < 4.78 is 0. The first-order valence-corrected chi connectivity index (χ1v) is 8.55. The van der Waals surface area contributed by atoms with Crippen molar-refractivity contribution in [2.75, 3.05) is 19.6 Å². The summed E-state index contributed by atoms with van der Waals surface area (Å²) in [5, 5.41) is 6.30. The Labute approximate surface area is 126 Å². The van der Waals surface area contributed by atoms with Crippen molar-refractivity contribution in [2.45, 2.75) is 63.5 Å². The maximum Gasteiger partial charge on any atom is 0.241 e. The van der Waals surface area contributed by atoms with Crippen LogP contribution in [0, 0.1) is 5.92 Å². The van der Waals surface area contributed by atoms with Crippen molar-refractivity contribution in [2.24, 2.45) is 5.92 Å². The lowest BCUT2D eigenvalue weighted by Gasteiger charge is -2.27. The number of hydrogen-bond donors (Lipinski definition) is 2. The van der Waals surface area contributed by atoms with E-state index in [-0.39, 0.29) is 24.4 Å². The minimum atomic E-state index is -0.0905. The van der Waals surface area contributed by atoms with Gasteiger partial charge in [-0.15, -0.1) is 0 Å². The van der Waals surface area contributed by atoms with Gasteiger partial charge in [0.2, 0.25) is 11.8 Å². The van der Waals surface area contributed by atoms with E-state index < -0.39 is 0 Å². The number of nitrogens with one attached hydrogen (secondary N) is 2. The van der Waals surface area contributed by atoms with Gasteiger partial charge in [-0.2, -0.15) is 0 Å². The third-order valence-corrected chi connectivity index (χ3v) is 5.30. The van der Waals surface area contributed by atoms with Crippen LogP contribution in [0.1, 0.15) is 51.4 Å². The standard InChI is InChI=1S/C16H27N3O2/c20-15(19-8-4-1-5-9-19)11-17-16(21)14-10-12-6-2-3-7-13(12)18-14/h12-14,18H,1-11H2,(H,17,21)/t12-,13+,14+/m1/s1. The van der Waals surface area contributed by atoms with Gasteiger partial charge in [0.25, 0.3) is 0 Å². The Bertz CT molecular complexity index is 379. The molecule has 0 spiro atoms. The van der Waals surface area contributed by atoms with E-state index in [1.54, 1.807) is 0 Å². The Morgan fingerprint density at radius 1 is 1.05 bits per heavy atom. The Hall–Kier alpha value is -1.10. The number of carbonyl (C=O) groups is 2. The number of nitrogens with zero attached hydrogens (tertiary/aromatic N) is 1. The third kappa shape index (κ3) is 3.57. The van der Waals surface area contributed by atoms with Crippen LogP contribution in [0.3, 0.4) is 0 Å². The Kier molecular flexibility index (Phi) is 4.78. The molecule has 0 bridgehead atoms. The molecule has 21 heavy (non-hydrogen) atoms. The van der Waals surface area contributed by atoms with Gasteiger partial charge in [-0.3, -0.25) is 9.59 Å². The number of fused-ring (bicyclic) bond motifs is 1. The summed E-state index contributed by atoms with van der Waals surface area (Å²) in [6.45, 7) is 1.85. The first-order chi connectivity index (χ1) is 10.2. The summed E-state index contributed by atoms with van der Waals surface area (Å²) in [5.74, 6) is 0.737. The molecule has 1 aliphatic carbocycles. The molecule has 2 aliphatic heterocycles. The maximum absolute atomic E-state index is 12.2. The van der Waals surface area contributed by atoms with E-state index >= 15 is 0 Å². The van der Waals surface area contributed by atoms with Gasteiger partial charge in [0, 0.05) is 19.1 Å². The second-order valence-electron chi connectivity index (χ2n) is 6.77. The van der Waals surface area contributed by atoms with E-state index in [1.165, 1.54) is 32.1 Å². The van der Waals surface area contributed by atoms with Gasteiger partial charge < -0.3 is 15.5 Å². The molecule has 0 aromatic rings. The predicted octanol–water partition coefficient (Wildman–Crippen LogP) is 1.04. The molecular weight excluding hydrogens is 266 g/mol. The van der Waals surface area contributed by atoms with E-state index in [1.807, 2.05) is 4.90 Å². The topological polar surface area (TPSA) is 61.4 Å². The highest BCUT2D eigenvalue weighted by molar-refractivity contribution is 5.87. The van der Waals surface area contributed by atoms with Crippen LogP contribution in [-0.4, -0.2) is 48.4 Å². The zero-order valence-electron chi connectivity index (χ0n) is 12.8. The van der Waals surface area contributed by atoms with E-state index in [9.17, 15) is 9.59 Å². The average Bonchev–Trinajstić information content (AvgIpc) is 2.97. The summed E-state index contributed by atoms with van der Waals surface area (Å²) in [5.41, 5.74) is 0.